The van der Waals surface area contributed by atoms with Crippen molar-refractivity contribution in [3.8, 4) is 0 Å². The molecule has 15 heavy (non-hydrogen) atoms. The number of carbonyl (C=O) groups is 2. The Hall–Kier alpha value is -1.10. The first-order chi connectivity index (χ1) is 6.93. The summed E-state index contributed by atoms with van der Waals surface area (Å²) in [7, 11) is 0. The molecule has 0 aromatic carbocycles. The summed E-state index contributed by atoms with van der Waals surface area (Å²) in [5.74, 6) is -0.120. The molecule has 0 spiro atoms. The minimum absolute atomic E-state index is 0.0688. The van der Waals surface area contributed by atoms with Crippen molar-refractivity contribution < 1.29 is 9.59 Å². The molecular formula is C10H21N3O2. The third-order valence-electron chi connectivity index (χ3n) is 2.20. The zero-order valence-electron chi connectivity index (χ0n) is 9.45. The van der Waals surface area contributed by atoms with Gasteiger partial charge in [0, 0.05) is 25.4 Å². The molecule has 0 saturated carbocycles. The largest absolute Gasteiger partial charge is 0.370 e. The van der Waals surface area contributed by atoms with E-state index < -0.39 is 0 Å². The SMILES string of the molecule is CC(C)C(N)CC(=O)NCCCC(N)=O. The lowest BCUT2D eigenvalue weighted by molar-refractivity contribution is -0.122. The Morgan fingerprint density at radius 2 is 1.93 bits per heavy atom. The van der Waals surface area contributed by atoms with Gasteiger partial charge in [-0.2, -0.15) is 0 Å². The number of primary amides is 1. The minimum Gasteiger partial charge on any atom is -0.370 e. The maximum atomic E-state index is 11.3. The number of nitrogens with one attached hydrogen (secondary N) is 1. The number of amides is 2. The van der Waals surface area contributed by atoms with Crippen LogP contribution < -0.4 is 16.8 Å². The number of carbonyl (C=O) groups excluding carboxylic acids is 2. The number of rotatable bonds is 7. The van der Waals surface area contributed by atoms with Crippen LogP contribution in [0.2, 0.25) is 0 Å². The first-order valence-corrected chi connectivity index (χ1v) is 5.24. The van der Waals surface area contributed by atoms with Gasteiger partial charge in [0.1, 0.15) is 0 Å². The van der Waals surface area contributed by atoms with Gasteiger partial charge in [-0.3, -0.25) is 9.59 Å². The third-order valence-corrected chi connectivity index (χ3v) is 2.20. The van der Waals surface area contributed by atoms with E-state index in [1.165, 1.54) is 0 Å². The minimum atomic E-state index is -0.344. The van der Waals surface area contributed by atoms with E-state index in [4.69, 9.17) is 11.5 Å². The molecule has 5 heteroatoms. The summed E-state index contributed by atoms with van der Waals surface area (Å²) >= 11 is 0. The van der Waals surface area contributed by atoms with E-state index in [0.717, 1.165) is 0 Å². The van der Waals surface area contributed by atoms with E-state index in [0.29, 0.717) is 31.7 Å². The molecule has 2 amide bonds. The summed E-state index contributed by atoms with van der Waals surface area (Å²) in [6.07, 6.45) is 1.21. The molecule has 0 aliphatic rings. The number of hydrogen-bond donors (Lipinski definition) is 3. The maximum Gasteiger partial charge on any atom is 0.221 e. The summed E-state index contributed by atoms with van der Waals surface area (Å²) in [4.78, 5) is 21.7. The Kier molecular flexibility index (Phi) is 6.70. The van der Waals surface area contributed by atoms with Crippen molar-refractivity contribution in [2.24, 2.45) is 17.4 Å². The summed E-state index contributed by atoms with van der Waals surface area (Å²) < 4.78 is 0. The lowest BCUT2D eigenvalue weighted by atomic mass is 10.0. The number of hydrogen-bond acceptors (Lipinski definition) is 3. The van der Waals surface area contributed by atoms with Gasteiger partial charge in [-0.05, 0) is 12.3 Å². The van der Waals surface area contributed by atoms with Crippen molar-refractivity contribution in [1.82, 2.24) is 5.32 Å². The molecule has 0 rings (SSSR count). The van der Waals surface area contributed by atoms with Gasteiger partial charge < -0.3 is 16.8 Å². The Bertz CT molecular complexity index is 217. The standard InChI is InChI=1S/C10H21N3O2/c1-7(2)8(11)6-10(15)13-5-3-4-9(12)14/h7-8H,3-6,11H2,1-2H3,(H2,12,14)(H,13,15). The normalized spacial score (nSPS) is 12.5. The van der Waals surface area contributed by atoms with Crippen molar-refractivity contribution in [2.75, 3.05) is 6.54 Å². The fraction of sp³-hybridized carbons (Fsp3) is 0.800. The molecule has 88 valence electrons. The Balaban J connectivity index is 3.53. The molecule has 0 aliphatic carbocycles. The van der Waals surface area contributed by atoms with Crippen LogP contribution in [0.1, 0.15) is 33.1 Å². The second-order valence-electron chi connectivity index (χ2n) is 4.03. The van der Waals surface area contributed by atoms with Gasteiger partial charge in [-0.1, -0.05) is 13.8 Å². The van der Waals surface area contributed by atoms with Crippen molar-refractivity contribution in [3.05, 3.63) is 0 Å². The fourth-order valence-electron chi connectivity index (χ4n) is 1.01. The quantitative estimate of drug-likeness (QED) is 0.510. The van der Waals surface area contributed by atoms with E-state index in [1.54, 1.807) is 0 Å². The molecule has 0 aromatic rings. The van der Waals surface area contributed by atoms with Crippen LogP contribution in [-0.2, 0) is 9.59 Å². The van der Waals surface area contributed by atoms with Crippen molar-refractivity contribution in [1.29, 1.82) is 0 Å². The first kappa shape index (κ1) is 13.9. The lowest BCUT2D eigenvalue weighted by Crippen LogP contribution is -2.35. The molecule has 1 atom stereocenters. The summed E-state index contributed by atoms with van der Waals surface area (Å²) in [5.41, 5.74) is 10.7. The highest BCUT2D eigenvalue weighted by Gasteiger charge is 2.12. The van der Waals surface area contributed by atoms with Gasteiger partial charge in [0.2, 0.25) is 11.8 Å². The molecule has 1 unspecified atom stereocenters. The lowest BCUT2D eigenvalue weighted by Gasteiger charge is -2.14. The van der Waals surface area contributed by atoms with Crippen molar-refractivity contribution >= 4 is 11.8 Å². The molecule has 0 saturated heterocycles. The Labute approximate surface area is 90.6 Å². The first-order valence-electron chi connectivity index (χ1n) is 5.24. The zero-order valence-corrected chi connectivity index (χ0v) is 9.45. The summed E-state index contributed by atoms with van der Waals surface area (Å²) in [6, 6.07) is -0.110. The second-order valence-corrected chi connectivity index (χ2v) is 4.03. The number of nitrogens with two attached hydrogens (primary N) is 2. The van der Waals surface area contributed by atoms with Crippen molar-refractivity contribution in [2.45, 2.75) is 39.2 Å². The van der Waals surface area contributed by atoms with Crippen LogP contribution in [-0.4, -0.2) is 24.4 Å². The molecule has 0 heterocycles. The van der Waals surface area contributed by atoms with Crippen LogP contribution in [0.25, 0.3) is 0 Å². The molecule has 0 bridgehead atoms. The Morgan fingerprint density at radius 1 is 1.33 bits per heavy atom. The smallest absolute Gasteiger partial charge is 0.221 e. The average molecular weight is 215 g/mol. The highest BCUT2D eigenvalue weighted by molar-refractivity contribution is 5.76. The van der Waals surface area contributed by atoms with Crippen LogP contribution >= 0.6 is 0 Å². The van der Waals surface area contributed by atoms with Crippen LogP contribution in [0.4, 0.5) is 0 Å². The summed E-state index contributed by atoms with van der Waals surface area (Å²) in [6.45, 7) is 4.43. The Morgan fingerprint density at radius 3 is 2.40 bits per heavy atom. The van der Waals surface area contributed by atoms with Crippen LogP contribution in [0.15, 0.2) is 0 Å². The second kappa shape index (κ2) is 7.23. The van der Waals surface area contributed by atoms with Gasteiger partial charge in [0.25, 0.3) is 0 Å². The topological polar surface area (TPSA) is 98.2 Å². The van der Waals surface area contributed by atoms with E-state index in [-0.39, 0.29) is 17.9 Å². The molecule has 5 N–H and O–H groups in total. The molecule has 5 nitrogen and oxygen atoms in total. The average Bonchev–Trinajstić information content (AvgIpc) is 2.12. The van der Waals surface area contributed by atoms with Crippen LogP contribution in [0, 0.1) is 5.92 Å². The van der Waals surface area contributed by atoms with Gasteiger partial charge in [0.15, 0.2) is 0 Å². The predicted octanol–water partition coefficient (Wildman–Crippen LogP) is -0.258. The van der Waals surface area contributed by atoms with E-state index >= 15 is 0 Å². The van der Waals surface area contributed by atoms with Crippen LogP contribution in [0.5, 0.6) is 0 Å². The highest BCUT2D eigenvalue weighted by atomic mass is 16.2. The predicted molar refractivity (Wildman–Crippen MR) is 58.9 cm³/mol. The third kappa shape index (κ3) is 7.93. The molecule has 0 aromatic heterocycles. The van der Waals surface area contributed by atoms with E-state index in [9.17, 15) is 9.59 Å². The maximum absolute atomic E-state index is 11.3. The fourth-order valence-corrected chi connectivity index (χ4v) is 1.01. The molecule has 0 fully saturated rings. The van der Waals surface area contributed by atoms with Gasteiger partial charge >= 0.3 is 0 Å². The van der Waals surface area contributed by atoms with E-state index in [2.05, 4.69) is 5.32 Å². The molecule has 0 radical (unpaired) electrons. The van der Waals surface area contributed by atoms with Crippen molar-refractivity contribution in [3.63, 3.8) is 0 Å². The molecule has 0 aliphatic heterocycles. The molecular weight excluding hydrogens is 194 g/mol. The van der Waals surface area contributed by atoms with Gasteiger partial charge in [-0.25, -0.2) is 0 Å². The highest BCUT2D eigenvalue weighted by Crippen LogP contribution is 2.02. The monoisotopic (exact) mass is 215 g/mol. The van der Waals surface area contributed by atoms with E-state index in [1.807, 2.05) is 13.8 Å². The van der Waals surface area contributed by atoms with Gasteiger partial charge in [-0.15, -0.1) is 0 Å². The van der Waals surface area contributed by atoms with Crippen LogP contribution in [0.3, 0.4) is 0 Å². The summed E-state index contributed by atoms with van der Waals surface area (Å²) in [5, 5.41) is 2.70. The zero-order chi connectivity index (χ0) is 11.8. The van der Waals surface area contributed by atoms with Gasteiger partial charge in [0.05, 0.1) is 0 Å².